The number of rotatable bonds is 18. The van der Waals surface area contributed by atoms with Gasteiger partial charge in [0.15, 0.2) is 0 Å². The van der Waals surface area contributed by atoms with E-state index in [1.165, 1.54) is 0 Å². The zero-order valence-electron chi connectivity index (χ0n) is 23.7. The van der Waals surface area contributed by atoms with Crippen LogP contribution in [-0.4, -0.2) is 141 Å². The predicted octanol–water partition coefficient (Wildman–Crippen LogP) is -2.55. The molecule has 1 rings (SSSR count). The molecule has 0 bridgehead atoms. The molecular formula is C25H51N3O10S. The highest BCUT2D eigenvalue weighted by molar-refractivity contribution is 7.98. The van der Waals surface area contributed by atoms with Crippen molar-refractivity contribution >= 4 is 17.7 Å². The molecular weight excluding hydrogens is 534 g/mol. The van der Waals surface area contributed by atoms with Crippen molar-refractivity contribution in [3.05, 3.63) is 0 Å². The number of carbonyl (C=O) groups excluding carboxylic acids is 1. The lowest BCUT2D eigenvalue weighted by Gasteiger charge is -2.47. The van der Waals surface area contributed by atoms with Gasteiger partial charge in [-0.05, 0) is 52.5 Å². The third kappa shape index (κ3) is 10.9. The Morgan fingerprint density at radius 3 is 2.31 bits per heavy atom. The zero-order valence-corrected chi connectivity index (χ0v) is 24.5. The Hall–Kier alpha value is -0.620. The summed E-state index contributed by atoms with van der Waals surface area (Å²) in [5.41, 5.74) is 9.90. The molecule has 9 atom stereocenters. The molecule has 0 spiro atoms. The van der Waals surface area contributed by atoms with Gasteiger partial charge >= 0.3 is 0 Å². The third-order valence-corrected chi connectivity index (χ3v) is 7.77. The number of hydrogen-bond donors (Lipinski definition) is 9. The van der Waals surface area contributed by atoms with Crippen LogP contribution in [0.5, 0.6) is 0 Å². The molecule has 0 saturated carbocycles. The van der Waals surface area contributed by atoms with Crippen molar-refractivity contribution < 1.29 is 49.6 Å². The maximum absolute atomic E-state index is 11.8. The van der Waals surface area contributed by atoms with Gasteiger partial charge in [0.1, 0.15) is 42.7 Å². The van der Waals surface area contributed by atoms with E-state index in [0.717, 1.165) is 12.2 Å². The largest absolute Gasteiger partial charge is 0.394 e. The summed E-state index contributed by atoms with van der Waals surface area (Å²) in [6.07, 6.45) is -5.77. The molecule has 1 aliphatic rings. The molecule has 39 heavy (non-hydrogen) atoms. The molecule has 5 unspecified atom stereocenters. The second-order valence-electron chi connectivity index (χ2n) is 11.1. The molecule has 1 saturated heterocycles. The number of carbonyl (C=O) groups is 1. The fourth-order valence-corrected chi connectivity index (χ4v) is 4.73. The van der Waals surface area contributed by atoms with Crippen LogP contribution in [-0.2, 0) is 19.0 Å². The number of hydrogen-bond acceptors (Lipinski definition) is 13. The standard InChI is InChI=1S/C25H51N3O10S/c1-24(2,36-10-7-9-28-16(31)8-6-11-39-5)22(27)21(35)18(32)14(30)13-37-25(3,4)23-17(26)20(34)19(33)15(12-29)38-23/h14-15,17-23,29-30,32-35H,6-13,26-27H2,1-5H3,(H,28,31)/t14?,15?,17?,18-,19-,20?,21-,22?,23-/m1/s1. The van der Waals surface area contributed by atoms with E-state index in [1.807, 2.05) is 6.26 Å². The van der Waals surface area contributed by atoms with Gasteiger partial charge in [-0.3, -0.25) is 4.79 Å². The molecule has 0 aromatic rings. The van der Waals surface area contributed by atoms with E-state index >= 15 is 0 Å². The minimum absolute atomic E-state index is 0.0167. The van der Waals surface area contributed by atoms with Crippen LogP contribution in [0.1, 0.15) is 47.0 Å². The molecule has 0 radical (unpaired) electrons. The van der Waals surface area contributed by atoms with Crippen molar-refractivity contribution in [1.82, 2.24) is 5.32 Å². The van der Waals surface area contributed by atoms with Gasteiger partial charge in [-0.15, -0.1) is 0 Å². The van der Waals surface area contributed by atoms with Gasteiger partial charge in [0, 0.05) is 19.6 Å². The first kappa shape index (κ1) is 36.4. The van der Waals surface area contributed by atoms with Crippen LogP contribution in [0, 0.1) is 0 Å². The third-order valence-electron chi connectivity index (χ3n) is 7.07. The van der Waals surface area contributed by atoms with Crippen LogP contribution < -0.4 is 16.8 Å². The van der Waals surface area contributed by atoms with Crippen LogP contribution in [0.2, 0.25) is 0 Å². The molecule has 232 valence electrons. The maximum atomic E-state index is 11.8. The van der Waals surface area contributed by atoms with Crippen LogP contribution in [0.15, 0.2) is 0 Å². The lowest BCUT2D eigenvalue weighted by Crippen LogP contribution is -2.67. The molecule has 0 aromatic heterocycles. The predicted molar refractivity (Wildman–Crippen MR) is 147 cm³/mol. The van der Waals surface area contributed by atoms with E-state index in [1.54, 1.807) is 39.5 Å². The Kier molecular flexibility index (Phi) is 15.6. The molecule has 1 aliphatic heterocycles. The second-order valence-corrected chi connectivity index (χ2v) is 12.1. The van der Waals surface area contributed by atoms with Crippen LogP contribution in [0.4, 0.5) is 0 Å². The number of nitrogens with one attached hydrogen (secondary N) is 1. The van der Waals surface area contributed by atoms with Crippen molar-refractivity contribution in [2.45, 2.75) is 113 Å². The molecule has 1 amide bonds. The molecule has 13 nitrogen and oxygen atoms in total. The average Bonchev–Trinajstić information content (AvgIpc) is 2.89. The van der Waals surface area contributed by atoms with E-state index in [2.05, 4.69) is 5.32 Å². The highest BCUT2D eigenvalue weighted by Gasteiger charge is 2.49. The number of aliphatic hydroxyl groups excluding tert-OH is 6. The first-order valence-electron chi connectivity index (χ1n) is 13.3. The Balaban J connectivity index is 2.56. The maximum Gasteiger partial charge on any atom is 0.220 e. The van der Waals surface area contributed by atoms with Crippen LogP contribution in [0.25, 0.3) is 0 Å². The van der Waals surface area contributed by atoms with Gasteiger partial charge < -0.3 is 61.6 Å². The summed E-state index contributed by atoms with van der Waals surface area (Å²) in [4.78, 5) is 11.8. The van der Waals surface area contributed by atoms with Crippen LogP contribution >= 0.6 is 11.8 Å². The van der Waals surface area contributed by atoms with Crippen molar-refractivity contribution in [2.75, 3.05) is 38.4 Å². The minimum atomic E-state index is -1.68. The summed E-state index contributed by atoms with van der Waals surface area (Å²) in [6.45, 7) is 6.18. The van der Waals surface area contributed by atoms with Crippen LogP contribution in [0.3, 0.4) is 0 Å². The highest BCUT2D eigenvalue weighted by atomic mass is 32.2. The van der Waals surface area contributed by atoms with Crippen molar-refractivity contribution in [1.29, 1.82) is 0 Å². The molecule has 14 heteroatoms. The van der Waals surface area contributed by atoms with Crippen molar-refractivity contribution in [3.63, 3.8) is 0 Å². The number of aliphatic hydroxyl groups is 6. The van der Waals surface area contributed by atoms with E-state index in [0.29, 0.717) is 19.4 Å². The Morgan fingerprint density at radius 2 is 1.72 bits per heavy atom. The molecule has 1 fully saturated rings. The number of nitrogens with two attached hydrogens (primary N) is 2. The zero-order chi connectivity index (χ0) is 30.0. The first-order valence-corrected chi connectivity index (χ1v) is 14.7. The lowest BCUT2D eigenvalue weighted by atomic mass is 9.85. The van der Waals surface area contributed by atoms with Gasteiger partial charge in [-0.2, -0.15) is 11.8 Å². The fourth-order valence-electron chi connectivity index (χ4n) is 4.29. The Morgan fingerprint density at radius 1 is 1.08 bits per heavy atom. The fraction of sp³-hybridized carbons (Fsp3) is 0.960. The number of thioether (sulfide) groups is 1. The van der Waals surface area contributed by atoms with E-state index in [-0.39, 0.29) is 12.5 Å². The summed E-state index contributed by atoms with van der Waals surface area (Å²) in [5, 5.41) is 64.2. The SMILES string of the molecule is CSCCCC(=O)NCCCOC(C)(C)C(N)[C@H](O)[C@H](O)C(O)COC(C)(C)[C@@H]1OC(CO)[C@@H](O)C(O)C1N. The average molecular weight is 586 g/mol. The van der Waals surface area contributed by atoms with Crippen molar-refractivity contribution in [3.8, 4) is 0 Å². The number of amides is 1. The smallest absolute Gasteiger partial charge is 0.220 e. The van der Waals surface area contributed by atoms with Gasteiger partial charge in [0.2, 0.25) is 5.91 Å². The van der Waals surface area contributed by atoms with Gasteiger partial charge in [-0.1, -0.05) is 0 Å². The summed E-state index contributed by atoms with van der Waals surface area (Å²) in [5.74, 6) is 0.913. The summed E-state index contributed by atoms with van der Waals surface area (Å²) >= 11 is 1.69. The lowest BCUT2D eigenvalue weighted by molar-refractivity contribution is -0.243. The first-order chi connectivity index (χ1) is 18.1. The summed E-state index contributed by atoms with van der Waals surface area (Å²) in [7, 11) is 0. The van der Waals surface area contributed by atoms with E-state index in [4.69, 9.17) is 25.7 Å². The Labute approximate surface area is 235 Å². The summed E-state index contributed by atoms with van der Waals surface area (Å²) < 4.78 is 17.2. The molecule has 11 N–H and O–H groups in total. The molecule has 0 aliphatic carbocycles. The highest BCUT2D eigenvalue weighted by Crippen LogP contribution is 2.30. The van der Waals surface area contributed by atoms with Crippen molar-refractivity contribution in [2.24, 2.45) is 11.5 Å². The van der Waals surface area contributed by atoms with Gasteiger partial charge in [-0.25, -0.2) is 0 Å². The molecule has 0 aromatic carbocycles. The normalized spacial score (nSPS) is 27.6. The minimum Gasteiger partial charge on any atom is -0.394 e. The monoisotopic (exact) mass is 585 g/mol. The number of ether oxygens (including phenoxy) is 3. The quantitative estimate of drug-likeness (QED) is 0.0755. The molecule has 1 heterocycles. The van der Waals surface area contributed by atoms with E-state index in [9.17, 15) is 35.4 Å². The second kappa shape index (κ2) is 16.7. The van der Waals surface area contributed by atoms with Gasteiger partial charge in [0.25, 0.3) is 0 Å². The Bertz CT molecular complexity index is 718. The van der Waals surface area contributed by atoms with E-state index < -0.39 is 79.2 Å². The topological polar surface area (TPSA) is 230 Å². The van der Waals surface area contributed by atoms with Gasteiger partial charge in [0.05, 0.1) is 36.5 Å². The summed E-state index contributed by atoms with van der Waals surface area (Å²) in [6, 6.07) is -2.13.